The van der Waals surface area contributed by atoms with Crippen LogP contribution in [0.25, 0.3) is 0 Å². The van der Waals surface area contributed by atoms with Crippen molar-refractivity contribution in [3.8, 4) is 0 Å². The highest BCUT2D eigenvalue weighted by atomic mass is 15.0. The van der Waals surface area contributed by atoms with Gasteiger partial charge in [0.25, 0.3) is 0 Å². The summed E-state index contributed by atoms with van der Waals surface area (Å²) < 4.78 is 0. The van der Waals surface area contributed by atoms with Crippen LogP contribution in [0.4, 0.5) is 0 Å². The summed E-state index contributed by atoms with van der Waals surface area (Å²) in [4.78, 5) is 13.3. The lowest BCUT2D eigenvalue weighted by molar-refractivity contribution is 0.216. The van der Waals surface area contributed by atoms with Gasteiger partial charge in [0.05, 0.1) is 5.54 Å². The molecule has 0 bridgehead atoms. The van der Waals surface area contributed by atoms with Crippen molar-refractivity contribution in [3.05, 3.63) is 0 Å². The van der Waals surface area contributed by atoms with E-state index in [0.717, 1.165) is 18.5 Å². The Balaban J connectivity index is 0.000000108. The van der Waals surface area contributed by atoms with E-state index < -0.39 is 0 Å². The van der Waals surface area contributed by atoms with Crippen LogP contribution in [0, 0.1) is 16.2 Å². The molecular formula is C45H79N5. The van der Waals surface area contributed by atoms with E-state index in [-0.39, 0.29) is 0 Å². The van der Waals surface area contributed by atoms with Gasteiger partial charge in [0.15, 0.2) is 0 Å². The zero-order valence-corrected chi connectivity index (χ0v) is 32.7. The fraction of sp³-hybridized carbons (Fsp3) is 0.933. The molecule has 0 radical (unpaired) electrons. The highest BCUT2D eigenvalue weighted by Crippen LogP contribution is 2.43. The first-order valence-corrected chi connectivity index (χ1v) is 22.6. The third-order valence-electron chi connectivity index (χ3n) is 15.2. The number of nitrogens with zero attached hydrogens (tertiary/aromatic N) is 3. The molecule has 10 rings (SSSR count). The molecule has 2 N–H and O–H groups in total. The summed E-state index contributed by atoms with van der Waals surface area (Å²) in [6.07, 6.45) is 52.2. The summed E-state index contributed by atoms with van der Waals surface area (Å²) in [5.74, 6) is 0. The molecule has 2 saturated heterocycles. The summed E-state index contributed by atoms with van der Waals surface area (Å²) in [7, 11) is 0. The second-order valence-corrected chi connectivity index (χ2v) is 19.0. The molecule has 0 atom stereocenters. The Kier molecular flexibility index (Phi) is 14.9. The molecule has 7 fully saturated rings. The molecule has 10 aliphatic rings. The Morgan fingerprint density at radius 1 is 0.460 bits per heavy atom. The summed E-state index contributed by atoms with van der Waals surface area (Å²) in [6, 6.07) is 0. The average molecular weight is 690 g/mol. The van der Waals surface area contributed by atoms with Gasteiger partial charge in [0.1, 0.15) is 0 Å². The van der Waals surface area contributed by atoms with Gasteiger partial charge in [0.2, 0.25) is 0 Å². The van der Waals surface area contributed by atoms with Gasteiger partial charge in [-0.25, -0.2) is 0 Å². The van der Waals surface area contributed by atoms with E-state index in [1.54, 1.807) is 0 Å². The summed E-state index contributed by atoms with van der Waals surface area (Å²) >= 11 is 0. The molecular weight excluding hydrogens is 611 g/mol. The average Bonchev–Trinajstić information content (AvgIpc) is 4.04. The maximum absolute atomic E-state index is 4.60. The van der Waals surface area contributed by atoms with Crippen molar-refractivity contribution in [1.82, 2.24) is 10.6 Å². The number of rotatable bonds is 0. The summed E-state index contributed by atoms with van der Waals surface area (Å²) in [5, 5.41) is 7.15. The van der Waals surface area contributed by atoms with E-state index in [2.05, 4.69) is 44.3 Å². The largest absolute Gasteiger partial charge is 0.316 e. The molecule has 50 heavy (non-hydrogen) atoms. The minimum atomic E-state index is 0.443. The van der Waals surface area contributed by atoms with Gasteiger partial charge in [-0.1, -0.05) is 96.3 Å². The highest BCUT2D eigenvalue weighted by Gasteiger charge is 2.36. The van der Waals surface area contributed by atoms with Crippen LogP contribution < -0.4 is 10.6 Å². The maximum Gasteiger partial charge on any atom is 0.0607 e. The van der Waals surface area contributed by atoms with Crippen LogP contribution in [0.3, 0.4) is 0 Å². The SMILES string of the molecule is C1=NC2(CC1)CCCCC2.C1=NCC2(C1)CCCCC2.C1=NCCC12CCCCC2.C1CCC2(CC1)CCCN2.C1CCC2(CC1)CCNC2. The minimum absolute atomic E-state index is 0.443. The van der Waals surface area contributed by atoms with Crippen molar-refractivity contribution in [3.63, 3.8) is 0 Å². The van der Waals surface area contributed by atoms with Gasteiger partial charge in [-0.3, -0.25) is 15.0 Å². The van der Waals surface area contributed by atoms with E-state index >= 15 is 0 Å². The van der Waals surface area contributed by atoms with Crippen molar-refractivity contribution in [2.45, 2.75) is 217 Å². The van der Waals surface area contributed by atoms with Crippen LogP contribution >= 0.6 is 0 Å². The van der Waals surface area contributed by atoms with Crippen LogP contribution in [0.5, 0.6) is 0 Å². The molecule has 5 heteroatoms. The van der Waals surface area contributed by atoms with Gasteiger partial charge in [-0.2, -0.15) is 0 Å². The Bertz CT molecular complexity index is 937. The standard InChI is InChI=1S/C9H17N.C9H15N.C9H17N.2C9H15N/c2*1-2-5-9(6-3-1)7-4-8-10-9;3*1-2-4-9(5-3-1)6-7-10-8-9/h10H,1-8H2;8H,1-7H2;10H,1-8H2;8H,1-7H2;7H,1-6,8H2. The highest BCUT2D eigenvalue weighted by molar-refractivity contribution is 5.68. The van der Waals surface area contributed by atoms with Crippen molar-refractivity contribution in [2.24, 2.45) is 31.2 Å². The maximum atomic E-state index is 4.60. The van der Waals surface area contributed by atoms with Gasteiger partial charge in [-0.15, -0.1) is 0 Å². The number of nitrogens with one attached hydrogen (secondary N) is 2. The van der Waals surface area contributed by atoms with E-state index in [4.69, 9.17) is 0 Å². The van der Waals surface area contributed by atoms with Crippen LogP contribution in [0.1, 0.15) is 205 Å². The van der Waals surface area contributed by atoms with Crippen LogP contribution in [-0.2, 0) is 0 Å². The molecule has 0 unspecified atom stereocenters. The first kappa shape index (κ1) is 38.6. The quantitative estimate of drug-likeness (QED) is 0.266. The Morgan fingerprint density at radius 3 is 1.56 bits per heavy atom. The van der Waals surface area contributed by atoms with Gasteiger partial charge >= 0.3 is 0 Å². The van der Waals surface area contributed by atoms with Gasteiger partial charge in [0, 0.05) is 36.8 Å². The number of hydrogen-bond acceptors (Lipinski definition) is 5. The lowest BCUT2D eigenvalue weighted by Crippen LogP contribution is -2.41. The molecule has 5 heterocycles. The second-order valence-electron chi connectivity index (χ2n) is 19.0. The summed E-state index contributed by atoms with van der Waals surface area (Å²) in [6.45, 7) is 6.10. The predicted octanol–water partition coefficient (Wildman–Crippen LogP) is 11.4. The molecule has 0 aromatic heterocycles. The molecule has 284 valence electrons. The third-order valence-corrected chi connectivity index (χ3v) is 15.2. The lowest BCUT2D eigenvalue weighted by atomic mass is 9.73. The molecule has 5 spiro atoms. The molecule has 0 amide bonds. The number of hydrogen-bond donors (Lipinski definition) is 2. The Hall–Kier alpha value is -1.07. The Labute approximate surface area is 309 Å². The second kappa shape index (κ2) is 19.3. The minimum Gasteiger partial charge on any atom is -0.316 e. The molecule has 5 saturated carbocycles. The molecule has 0 aromatic rings. The summed E-state index contributed by atoms with van der Waals surface area (Å²) in [5.41, 5.74) is 3.06. The smallest absolute Gasteiger partial charge is 0.0607 e. The number of aliphatic imine (C=N–C) groups is 3. The molecule has 5 aliphatic carbocycles. The van der Waals surface area contributed by atoms with Gasteiger partial charge in [-0.05, 0) is 146 Å². The molecule has 5 aliphatic heterocycles. The fourth-order valence-corrected chi connectivity index (χ4v) is 11.8. The zero-order valence-electron chi connectivity index (χ0n) is 32.7. The van der Waals surface area contributed by atoms with Crippen LogP contribution in [0.15, 0.2) is 15.0 Å². The first-order valence-electron chi connectivity index (χ1n) is 22.6. The normalized spacial score (nSPS) is 30.2. The first-order chi connectivity index (χ1) is 24.6. The van der Waals surface area contributed by atoms with E-state index in [0.29, 0.717) is 21.9 Å². The predicted molar refractivity (Wildman–Crippen MR) is 217 cm³/mol. The van der Waals surface area contributed by atoms with Crippen LogP contribution in [0.2, 0.25) is 0 Å². The lowest BCUT2D eigenvalue weighted by Gasteiger charge is -2.33. The van der Waals surface area contributed by atoms with Gasteiger partial charge < -0.3 is 10.6 Å². The Morgan fingerprint density at radius 2 is 1.06 bits per heavy atom. The molecule has 5 nitrogen and oxygen atoms in total. The van der Waals surface area contributed by atoms with E-state index in [9.17, 15) is 0 Å². The fourth-order valence-electron chi connectivity index (χ4n) is 11.8. The van der Waals surface area contributed by atoms with Crippen LogP contribution in [-0.4, -0.2) is 62.4 Å². The van der Waals surface area contributed by atoms with Crippen molar-refractivity contribution >= 4 is 18.6 Å². The zero-order chi connectivity index (χ0) is 34.3. The van der Waals surface area contributed by atoms with Crippen molar-refractivity contribution in [2.75, 3.05) is 32.7 Å². The topological polar surface area (TPSA) is 61.1 Å². The van der Waals surface area contributed by atoms with E-state index in [1.165, 1.54) is 225 Å². The monoisotopic (exact) mass is 690 g/mol. The molecule has 0 aromatic carbocycles. The third kappa shape index (κ3) is 11.2. The van der Waals surface area contributed by atoms with E-state index in [1.807, 2.05) is 0 Å². The van der Waals surface area contributed by atoms with Crippen molar-refractivity contribution in [1.29, 1.82) is 0 Å². The van der Waals surface area contributed by atoms with Crippen molar-refractivity contribution < 1.29 is 0 Å².